The molecule has 156 valence electrons. The van der Waals surface area contributed by atoms with Crippen molar-refractivity contribution < 1.29 is 9.30 Å². The summed E-state index contributed by atoms with van der Waals surface area (Å²) in [7, 11) is 3.96. The molecule has 1 aliphatic rings. The highest BCUT2D eigenvalue weighted by Crippen LogP contribution is 2.48. The van der Waals surface area contributed by atoms with Gasteiger partial charge in [-0.25, -0.2) is 4.57 Å². The third-order valence-electron chi connectivity index (χ3n) is 6.57. The van der Waals surface area contributed by atoms with Crippen molar-refractivity contribution >= 4 is 10.8 Å². The maximum Gasteiger partial charge on any atom is 0.221 e. The molecule has 1 heterocycles. The Balaban J connectivity index is 2.01. The van der Waals surface area contributed by atoms with Crippen molar-refractivity contribution in [1.82, 2.24) is 0 Å². The third-order valence-corrected chi connectivity index (χ3v) is 6.57. The lowest BCUT2D eigenvalue weighted by Crippen LogP contribution is -2.31. The van der Waals surface area contributed by atoms with Crippen molar-refractivity contribution in [2.75, 3.05) is 13.7 Å². The van der Waals surface area contributed by atoms with Crippen LogP contribution in [0.1, 0.15) is 31.9 Å². The first-order valence-corrected chi connectivity index (χ1v) is 11.1. The van der Waals surface area contributed by atoms with E-state index in [4.69, 9.17) is 4.74 Å². The van der Waals surface area contributed by atoms with Gasteiger partial charge in [-0.1, -0.05) is 69.3 Å². The van der Waals surface area contributed by atoms with Crippen LogP contribution in [-0.4, -0.2) is 13.7 Å². The van der Waals surface area contributed by atoms with Gasteiger partial charge in [-0.15, -0.1) is 0 Å². The van der Waals surface area contributed by atoms with Gasteiger partial charge in [0.15, 0.2) is 6.20 Å². The lowest BCUT2D eigenvalue weighted by atomic mass is 9.80. The van der Waals surface area contributed by atoms with E-state index in [0.29, 0.717) is 6.61 Å². The first kappa shape index (κ1) is 20.0. The fourth-order valence-corrected chi connectivity index (χ4v) is 4.93. The molecular weight excluding hydrogens is 378 g/mol. The number of hydrogen-bond acceptors (Lipinski definition) is 1. The fraction of sp³-hybridized carbons (Fsp3) is 0.276. The summed E-state index contributed by atoms with van der Waals surface area (Å²) in [5.41, 5.74) is 10.7. The van der Waals surface area contributed by atoms with Crippen LogP contribution in [0.3, 0.4) is 0 Å². The SMILES string of the molecule is COCCc1cc(C(C)(C)C)cc2c1-c1c3c(cccc3cc[n+]1C)-c1ccccc1-2. The lowest BCUT2D eigenvalue weighted by Gasteiger charge is -2.24. The summed E-state index contributed by atoms with van der Waals surface area (Å²) >= 11 is 0. The Hall–Kier alpha value is -2.97. The number of nitrogens with zero attached hydrogens (tertiary/aromatic N) is 1. The summed E-state index contributed by atoms with van der Waals surface area (Å²) < 4.78 is 7.82. The van der Waals surface area contributed by atoms with Crippen molar-refractivity contribution in [3.05, 3.63) is 78.0 Å². The number of ether oxygens (including phenoxy) is 1. The largest absolute Gasteiger partial charge is 0.384 e. The second-order valence-corrected chi connectivity index (χ2v) is 9.64. The number of aromatic nitrogens is 1. The molecule has 0 atom stereocenters. The van der Waals surface area contributed by atoms with Crippen LogP contribution in [0.15, 0.2) is 66.9 Å². The summed E-state index contributed by atoms with van der Waals surface area (Å²) in [6.07, 6.45) is 3.09. The van der Waals surface area contributed by atoms with E-state index < -0.39 is 0 Å². The van der Waals surface area contributed by atoms with Gasteiger partial charge in [0.2, 0.25) is 5.69 Å². The molecule has 4 aromatic rings. The van der Waals surface area contributed by atoms with E-state index in [0.717, 1.165) is 6.42 Å². The van der Waals surface area contributed by atoms with Gasteiger partial charge in [0.25, 0.3) is 0 Å². The molecule has 0 N–H and O–H groups in total. The first-order valence-electron chi connectivity index (χ1n) is 11.1. The van der Waals surface area contributed by atoms with Crippen molar-refractivity contribution in [3.8, 4) is 33.5 Å². The fourth-order valence-electron chi connectivity index (χ4n) is 4.93. The Bertz CT molecular complexity index is 1310. The van der Waals surface area contributed by atoms with Crippen LogP contribution in [-0.2, 0) is 23.6 Å². The maximum atomic E-state index is 5.53. The smallest absolute Gasteiger partial charge is 0.221 e. The summed E-state index contributed by atoms with van der Waals surface area (Å²) in [6, 6.07) is 22.6. The Labute approximate surface area is 185 Å². The minimum atomic E-state index is 0.0686. The number of hydrogen-bond donors (Lipinski definition) is 0. The van der Waals surface area contributed by atoms with Crippen molar-refractivity contribution in [3.63, 3.8) is 0 Å². The zero-order valence-corrected chi connectivity index (χ0v) is 19.1. The van der Waals surface area contributed by atoms with E-state index in [2.05, 4.69) is 99.2 Å². The number of aryl methyl sites for hydroxylation is 1. The number of methoxy groups -OCH3 is 1. The average molecular weight is 409 g/mol. The van der Waals surface area contributed by atoms with Gasteiger partial charge in [-0.3, -0.25) is 0 Å². The van der Waals surface area contributed by atoms with Gasteiger partial charge >= 0.3 is 0 Å². The monoisotopic (exact) mass is 408 g/mol. The minimum absolute atomic E-state index is 0.0686. The van der Waals surface area contributed by atoms with Gasteiger partial charge < -0.3 is 4.74 Å². The Morgan fingerprint density at radius 3 is 2.26 bits per heavy atom. The van der Waals surface area contributed by atoms with Crippen molar-refractivity contribution in [2.24, 2.45) is 7.05 Å². The predicted molar refractivity (Wildman–Crippen MR) is 129 cm³/mol. The van der Waals surface area contributed by atoms with E-state index in [1.54, 1.807) is 7.11 Å². The second-order valence-electron chi connectivity index (χ2n) is 9.64. The molecule has 31 heavy (non-hydrogen) atoms. The minimum Gasteiger partial charge on any atom is -0.384 e. The summed E-state index contributed by atoms with van der Waals surface area (Å²) in [4.78, 5) is 0. The summed E-state index contributed by atoms with van der Waals surface area (Å²) in [6.45, 7) is 7.61. The highest BCUT2D eigenvalue weighted by molar-refractivity contribution is 6.11. The van der Waals surface area contributed by atoms with Gasteiger partial charge in [0, 0.05) is 13.2 Å². The van der Waals surface area contributed by atoms with Crippen LogP contribution in [0.25, 0.3) is 44.3 Å². The number of pyridine rings is 1. The molecule has 0 saturated heterocycles. The number of fused-ring (bicyclic) bond motifs is 5. The molecule has 1 aliphatic carbocycles. The van der Waals surface area contributed by atoms with E-state index in [9.17, 15) is 0 Å². The predicted octanol–water partition coefficient (Wildman–Crippen LogP) is 6.47. The maximum absolute atomic E-state index is 5.53. The Morgan fingerprint density at radius 1 is 0.839 bits per heavy atom. The van der Waals surface area contributed by atoms with Gasteiger partial charge in [0.1, 0.15) is 7.05 Å². The van der Waals surface area contributed by atoms with Crippen LogP contribution in [0.5, 0.6) is 0 Å². The lowest BCUT2D eigenvalue weighted by molar-refractivity contribution is -0.659. The molecular formula is C29H30NO+. The number of rotatable bonds is 3. The molecule has 0 aliphatic heterocycles. The second kappa shape index (κ2) is 7.32. The number of benzene rings is 3. The van der Waals surface area contributed by atoms with Crippen molar-refractivity contribution in [1.29, 1.82) is 0 Å². The first-order chi connectivity index (χ1) is 14.9. The molecule has 0 bridgehead atoms. The van der Waals surface area contributed by atoms with Crippen LogP contribution in [0.4, 0.5) is 0 Å². The Morgan fingerprint density at radius 2 is 1.55 bits per heavy atom. The molecule has 2 heteroatoms. The zero-order valence-electron chi connectivity index (χ0n) is 19.1. The average Bonchev–Trinajstić information content (AvgIpc) is 2.88. The van der Waals surface area contributed by atoms with Crippen molar-refractivity contribution in [2.45, 2.75) is 32.6 Å². The quantitative estimate of drug-likeness (QED) is 0.312. The van der Waals surface area contributed by atoms with E-state index >= 15 is 0 Å². The van der Waals surface area contributed by atoms with E-state index in [1.165, 1.54) is 55.4 Å². The van der Waals surface area contributed by atoms with Crippen LogP contribution in [0, 0.1) is 0 Å². The summed E-state index contributed by atoms with van der Waals surface area (Å²) in [5.74, 6) is 0. The molecule has 0 fully saturated rings. The molecule has 0 radical (unpaired) electrons. The zero-order chi connectivity index (χ0) is 21.8. The molecule has 3 aromatic carbocycles. The molecule has 5 rings (SSSR count). The molecule has 2 nitrogen and oxygen atoms in total. The van der Waals surface area contributed by atoms with Gasteiger partial charge in [0.05, 0.1) is 17.6 Å². The van der Waals surface area contributed by atoms with Crippen LogP contribution < -0.4 is 4.57 Å². The van der Waals surface area contributed by atoms with E-state index in [1.807, 2.05) is 0 Å². The van der Waals surface area contributed by atoms with E-state index in [-0.39, 0.29) is 5.41 Å². The molecule has 0 amide bonds. The third kappa shape index (κ3) is 3.18. The Kier molecular flexibility index (Phi) is 4.71. The topological polar surface area (TPSA) is 13.1 Å². The normalized spacial score (nSPS) is 12.4. The highest BCUT2D eigenvalue weighted by Gasteiger charge is 2.30. The standard InChI is InChI=1S/C29H30NO/c1-29(2,3)21-17-20(14-16-31-5)27-25(18-21)23-11-7-6-10-22(23)24-12-8-9-19-13-15-30(4)28(27)26(19)24/h6-13,15,17-18H,14,16H2,1-5H3/q+1. The van der Waals surface area contributed by atoms with Crippen LogP contribution in [0.2, 0.25) is 0 Å². The van der Waals surface area contributed by atoms with Crippen LogP contribution >= 0.6 is 0 Å². The highest BCUT2D eigenvalue weighted by atomic mass is 16.5. The summed E-state index contributed by atoms with van der Waals surface area (Å²) in [5, 5.41) is 2.62. The van der Waals surface area contributed by atoms with Gasteiger partial charge in [-0.2, -0.15) is 0 Å². The molecule has 0 spiro atoms. The molecule has 0 saturated carbocycles. The molecule has 1 aromatic heterocycles. The molecule has 0 unspecified atom stereocenters. The van der Waals surface area contributed by atoms with Gasteiger partial charge in [-0.05, 0) is 56.7 Å².